The van der Waals surface area contributed by atoms with Crippen LogP contribution >= 0.6 is 22.6 Å². The van der Waals surface area contributed by atoms with Gasteiger partial charge < -0.3 is 4.74 Å². The van der Waals surface area contributed by atoms with Crippen LogP contribution in [0, 0.1) is 13.7 Å². The Morgan fingerprint density at radius 1 is 1.21 bits per heavy atom. The number of ether oxygens (including phenoxy) is 1. The van der Waals surface area contributed by atoms with E-state index in [2.05, 4.69) is 22.6 Å². The molecule has 5 nitrogen and oxygen atoms in total. The van der Waals surface area contributed by atoms with Crippen molar-refractivity contribution in [2.24, 2.45) is 0 Å². The number of hydrogen-bond donors (Lipinski definition) is 0. The van der Waals surface area contributed by atoms with Crippen LogP contribution in [0.3, 0.4) is 0 Å². The highest BCUT2D eigenvalue weighted by Crippen LogP contribution is 2.28. The standard InChI is InChI=1S/C13H8INO4/c14-10-2-1-3-12(7-10)19-13-5-4-11(15(17)18)6-9(13)8-16/h1-8H. The maximum absolute atomic E-state index is 11.0. The van der Waals surface area contributed by atoms with Crippen molar-refractivity contribution in [1.82, 2.24) is 0 Å². The molecule has 0 radical (unpaired) electrons. The van der Waals surface area contributed by atoms with Gasteiger partial charge in [0.05, 0.1) is 10.5 Å². The van der Waals surface area contributed by atoms with Gasteiger partial charge in [-0.1, -0.05) is 6.07 Å². The van der Waals surface area contributed by atoms with E-state index in [0.29, 0.717) is 17.8 Å². The van der Waals surface area contributed by atoms with Crippen LogP contribution in [0.5, 0.6) is 11.5 Å². The van der Waals surface area contributed by atoms with Gasteiger partial charge in [-0.25, -0.2) is 0 Å². The molecule has 0 aliphatic rings. The topological polar surface area (TPSA) is 69.4 Å². The first kappa shape index (κ1) is 13.5. The van der Waals surface area contributed by atoms with Gasteiger partial charge in [-0.2, -0.15) is 0 Å². The zero-order chi connectivity index (χ0) is 13.8. The molecule has 19 heavy (non-hydrogen) atoms. The minimum atomic E-state index is -0.553. The Balaban J connectivity index is 2.35. The average molecular weight is 369 g/mol. The number of aldehydes is 1. The lowest BCUT2D eigenvalue weighted by molar-refractivity contribution is -0.384. The Kier molecular flexibility index (Phi) is 4.10. The minimum absolute atomic E-state index is 0.142. The molecular formula is C13H8INO4. The Morgan fingerprint density at radius 3 is 2.63 bits per heavy atom. The van der Waals surface area contributed by atoms with Crippen molar-refractivity contribution in [2.45, 2.75) is 0 Å². The second-order valence-electron chi connectivity index (χ2n) is 3.66. The Labute approximate surface area is 122 Å². The molecule has 0 bridgehead atoms. The van der Waals surface area contributed by atoms with E-state index in [1.165, 1.54) is 18.2 Å². The summed E-state index contributed by atoms with van der Waals surface area (Å²) in [7, 11) is 0. The first-order valence-corrected chi connectivity index (χ1v) is 6.35. The van der Waals surface area contributed by atoms with E-state index in [1.807, 2.05) is 12.1 Å². The molecule has 0 spiro atoms. The number of non-ortho nitro benzene ring substituents is 1. The molecule has 0 heterocycles. The molecule has 2 rings (SSSR count). The van der Waals surface area contributed by atoms with E-state index in [4.69, 9.17) is 4.74 Å². The van der Waals surface area contributed by atoms with Crippen molar-refractivity contribution in [3.05, 3.63) is 61.7 Å². The molecule has 2 aromatic rings. The van der Waals surface area contributed by atoms with Crippen LogP contribution in [0.2, 0.25) is 0 Å². The predicted octanol–water partition coefficient (Wildman–Crippen LogP) is 3.80. The fourth-order valence-electron chi connectivity index (χ4n) is 1.49. The van der Waals surface area contributed by atoms with Gasteiger partial charge in [0, 0.05) is 15.7 Å². The molecule has 0 N–H and O–H groups in total. The van der Waals surface area contributed by atoms with Crippen LogP contribution in [-0.2, 0) is 0 Å². The molecule has 0 aromatic heterocycles. The zero-order valence-corrected chi connectivity index (χ0v) is 11.7. The SMILES string of the molecule is O=Cc1cc([N+](=O)[O-])ccc1Oc1cccc(I)c1. The van der Waals surface area contributed by atoms with Crippen molar-refractivity contribution in [3.8, 4) is 11.5 Å². The Morgan fingerprint density at radius 2 is 2.00 bits per heavy atom. The van der Waals surface area contributed by atoms with E-state index < -0.39 is 4.92 Å². The summed E-state index contributed by atoms with van der Waals surface area (Å²) in [6, 6.07) is 11.2. The first-order chi connectivity index (χ1) is 9.10. The maximum Gasteiger partial charge on any atom is 0.270 e. The number of halogens is 1. The number of carbonyl (C=O) groups excluding carboxylic acids is 1. The van der Waals surface area contributed by atoms with Crippen molar-refractivity contribution >= 4 is 34.6 Å². The van der Waals surface area contributed by atoms with Gasteiger partial charge in [0.25, 0.3) is 5.69 Å². The highest BCUT2D eigenvalue weighted by Gasteiger charge is 2.12. The van der Waals surface area contributed by atoms with Gasteiger partial charge in [0.15, 0.2) is 6.29 Å². The molecule has 0 aliphatic heterocycles. The van der Waals surface area contributed by atoms with Crippen molar-refractivity contribution in [1.29, 1.82) is 0 Å². The largest absolute Gasteiger partial charge is 0.457 e. The second kappa shape index (κ2) is 5.79. The van der Waals surface area contributed by atoms with E-state index in [0.717, 1.165) is 3.57 Å². The third kappa shape index (κ3) is 3.28. The monoisotopic (exact) mass is 369 g/mol. The zero-order valence-electron chi connectivity index (χ0n) is 9.58. The summed E-state index contributed by atoms with van der Waals surface area (Å²) in [5, 5.41) is 10.6. The van der Waals surface area contributed by atoms with Crippen LogP contribution in [0.4, 0.5) is 5.69 Å². The summed E-state index contributed by atoms with van der Waals surface area (Å²) < 4.78 is 6.55. The molecule has 0 amide bonds. The van der Waals surface area contributed by atoms with Gasteiger partial charge >= 0.3 is 0 Å². The molecule has 0 saturated heterocycles. The van der Waals surface area contributed by atoms with Gasteiger partial charge in [-0.3, -0.25) is 14.9 Å². The summed E-state index contributed by atoms with van der Waals surface area (Å²) >= 11 is 2.14. The molecule has 0 unspecified atom stereocenters. The normalized spacial score (nSPS) is 9.95. The van der Waals surface area contributed by atoms with Crippen molar-refractivity contribution in [2.75, 3.05) is 0 Å². The van der Waals surface area contributed by atoms with Gasteiger partial charge in [0.1, 0.15) is 11.5 Å². The number of benzene rings is 2. The van der Waals surface area contributed by atoms with Gasteiger partial charge in [-0.05, 0) is 46.9 Å². The third-order valence-electron chi connectivity index (χ3n) is 2.36. The van der Waals surface area contributed by atoms with Crippen molar-refractivity contribution < 1.29 is 14.5 Å². The summed E-state index contributed by atoms with van der Waals surface area (Å²) in [5.74, 6) is 0.867. The number of rotatable bonds is 4. The summed E-state index contributed by atoms with van der Waals surface area (Å²) in [6.45, 7) is 0. The van der Waals surface area contributed by atoms with Gasteiger partial charge in [-0.15, -0.1) is 0 Å². The molecule has 0 atom stereocenters. The smallest absolute Gasteiger partial charge is 0.270 e. The van der Waals surface area contributed by atoms with Gasteiger partial charge in [0.2, 0.25) is 0 Å². The molecular weight excluding hydrogens is 361 g/mol. The third-order valence-corrected chi connectivity index (χ3v) is 3.03. The highest BCUT2D eigenvalue weighted by atomic mass is 127. The van der Waals surface area contributed by atoms with Crippen LogP contribution in [0.1, 0.15) is 10.4 Å². The van der Waals surface area contributed by atoms with Crippen LogP contribution < -0.4 is 4.74 Å². The summed E-state index contributed by atoms with van der Waals surface area (Å²) in [4.78, 5) is 21.0. The lowest BCUT2D eigenvalue weighted by Gasteiger charge is -2.08. The fraction of sp³-hybridized carbons (Fsp3) is 0. The molecule has 2 aromatic carbocycles. The van der Waals surface area contributed by atoms with Crippen LogP contribution in [-0.4, -0.2) is 11.2 Å². The minimum Gasteiger partial charge on any atom is -0.457 e. The molecule has 0 fully saturated rings. The van der Waals surface area contributed by atoms with E-state index in [-0.39, 0.29) is 11.3 Å². The molecule has 0 saturated carbocycles. The van der Waals surface area contributed by atoms with Crippen molar-refractivity contribution in [3.63, 3.8) is 0 Å². The van der Waals surface area contributed by atoms with E-state index >= 15 is 0 Å². The molecule has 0 aliphatic carbocycles. The summed E-state index contributed by atoms with van der Waals surface area (Å²) in [5.41, 5.74) is 0.00477. The maximum atomic E-state index is 11.0. The second-order valence-corrected chi connectivity index (χ2v) is 4.90. The summed E-state index contributed by atoms with van der Waals surface area (Å²) in [6.07, 6.45) is 0.538. The lowest BCUT2D eigenvalue weighted by Crippen LogP contribution is -1.94. The number of nitro benzene ring substituents is 1. The molecule has 96 valence electrons. The number of carbonyl (C=O) groups is 1. The fourth-order valence-corrected chi connectivity index (χ4v) is 2.01. The number of nitrogens with zero attached hydrogens (tertiary/aromatic N) is 1. The highest BCUT2D eigenvalue weighted by molar-refractivity contribution is 14.1. The number of nitro groups is 1. The van der Waals surface area contributed by atoms with Crippen LogP contribution in [0.25, 0.3) is 0 Å². The Bertz CT molecular complexity index is 642. The van der Waals surface area contributed by atoms with Crippen LogP contribution in [0.15, 0.2) is 42.5 Å². The lowest BCUT2D eigenvalue weighted by atomic mass is 10.2. The first-order valence-electron chi connectivity index (χ1n) is 5.27. The Hall–Kier alpha value is -1.96. The van der Waals surface area contributed by atoms with E-state index in [1.54, 1.807) is 12.1 Å². The predicted molar refractivity (Wildman–Crippen MR) is 77.7 cm³/mol. The van der Waals surface area contributed by atoms with E-state index in [9.17, 15) is 14.9 Å². The average Bonchev–Trinajstić information content (AvgIpc) is 2.39. The quantitative estimate of drug-likeness (QED) is 0.356. The number of hydrogen-bond acceptors (Lipinski definition) is 4. The molecule has 6 heteroatoms.